The molecule has 1 amide bonds. The minimum absolute atomic E-state index is 0.0366. The second kappa shape index (κ2) is 9.93. The van der Waals surface area contributed by atoms with Gasteiger partial charge in [-0.3, -0.25) is 9.59 Å². The maximum Gasteiger partial charge on any atom is 0.245 e. The molecule has 0 heterocycles. The van der Waals surface area contributed by atoms with Gasteiger partial charge in [-0.15, -0.1) is 0 Å². The van der Waals surface area contributed by atoms with Gasteiger partial charge in [0, 0.05) is 5.92 Å². The summed E-state index contributed by atoms with van der Waals surface area (Å²) in [5, 5.41) is 2.92. The highest BCUT2D eigenvalue weighted by Crippen LogP contribution is 2.26. The zero-order valence-electron chi connectivity index (χ0n) is 14.5. The number of amides is 1. The van der Waals surface area contributed by atoms with Gasteiger partial charge < -0.3 is 11.1 Å². The Bertz CT molecular complexity index is 329. The van der Waals surface area contributed by atoms with Crippen LogP contribution < -0.4 is 11.1 Å². The zero-order valence-corrected chi connectivity index (χ0v) is 14.5. The molecule has 0 rings (SSSR count). The quantitative estimate of drug-likeness (QED) is 0.429. The molecule has 0 aliphatic heterocycles. The highest BCUT2D eigenvalue weighted by Gasteiger charge is 2.47. The largest absolute Gasteiger partial charge is 0.368 e. The molecule has 4 heteroatoms. The van der Waals surface area contributed by atoms with Crippen molar-refractivity contribution in [1.29, 1.82) is 0 Å². The molecule has 2 atom stereocenters. The van der Waals surface area contributed by atoms with Crippen LogP contribution in [0.4, 0.5) is 0 Å². The predicted molar refractivity (Wildman–Crippen MR) is 88.0 cm³/mol. The van der Waals surface area contributed by atoms with Crippen molar-refractivity contribution in [3.8, 4) is 0 Å². The van der Waals surface area contributed by atoms with Gasteiger partial charge in [0.15, 0.2) is 11.3 Å². The van der Waals surface area contributed by atoms with E-state index in [4.69, 9.17) is 5.73 Å². The molecule has 0 aliphatic carbocycles. The van der Waals surface area contributed by atoms with Crippen molar-refractivity contribution in [2.45, 2.75) is 78.2 Å². The van der Waals surface area contributed by atoms with E-state index in [0.29, 0.717) is 0 Å². The topological polar surface area (TPSA) is 72.2 Å². The highest BCUT2D eigenvalue weighted by atomic mass is 16.2. The van der Waals surface area contributed by atoms with Gasteiger partial charge in [-0.25, -0.2) is 0 Å². The normalized spacial score (nSPS) is 15.7. The predicted octanol–water partition coefficient (Wildman–Crippen LogP) is 3.04. The molecule has 0 saturated heterocycles. The summed E-state index contributed by atoms with van der Waals surface area (Å²) >= 11 is 0. The number of unbranched alkanes of at least 4 members (excludes halogenated alkanes) is 4. The number of nitrogens with two attached hydrogens (primary N) is 1. The molecule has 0 radical (unpaired) electrons. The van der Waals surface area contributed by atoms with Gasteiger partial charge in [0.05, 0.1) is 0 Å². The molecule has 0 saturated carbocycles. The summed E-state index contributed by atoms with van der Waals surface area (Å²) in [7, 11) is 1.65. The molecule has 0 aromatic rings. The van der Waals surface area contributed by atoms with Crippen molar-refractivity contribution in [3.63, 3.8) is 0 Å². The maximum absolute atomic E-state index is 12.9. The minimum atomic E-state index is -1.23. The first kappa shape index (κ1) is 20.1. The van der Waals surface area contributed by atoms with Crippen molar-refractivity contribution in [2.24, 2.45) is 17.6 Å². The lowest BCUT2D eigenvalue weighted by Crippen LogP contribution is -2.64. The average molecular weight is 298 g/mol. The lowest BCUT2D eigenvalue weighted by Gasteiger charge is -2.35. The molecule has 124 valence electrons. The third-order valence-electron chi connectivity index (χ3n) is 4.56. The Hall–Kier alpha value is -0.900. The molecule has 3 N–H and O–H groups in total. The van der Waals surface area contributed by atoms with Crippen molar-refractivity contribution < 1.29 is 9.59 Å². The maximum atomic E-state index is 12.9. The fraction of sp³-hybridized carbons (Fsp3) is 0.882. The Morgan fingerprint density at radius 1 is 1.10 bits per heavy atom. The van der Waals surface area contributed by atoms with Crippen LogP contribution in [0.15, 0.2) is 0 Å². The molecule has 0 aromatic carbocycles. The number of primary amides is 1. The van der Waals surface area contributed by atoms with Gasteiger partial charge in [-0.05, 0) is 25.8 Å². The first-order valence-corrected chi connectivity index (χ1v) is 8.41. The van der Waals surface area contributed by atoms with E-state index in [2.05, 4.69) is 12.2 Å². The molecule has 0 aromatic heterocycles. The van der Waals surface area contributed by atoms with Crippen molar-refractivity contribution in [3.05, 3.63) is 0 Å². The van der Waals surface area contributed by atoms with E-state index in [1.165, 1.54) is 19.3 Å². The van der Waals surface area contributed by atoms with Crippen LogP contribution in [0, 0.1) is 11.8 Å². The minimum Gasteiger partial charge on any atom is -0.368 e. The lowest BCUT2D eigenvalue weighted by atomic mass is 9.74. The molecule has 2 unspecified atom stereocenters. The van der Waals surface area contributed by atoms with E-state index in [9.17, 15) is 9.59 Å². The van der Waals surface area contributed by atoms with Crippen molar-refractivity contribution in [1.82, 2.24) is 5.32 Å². The number of carbonyl (C=O) groups excluding carboxylic acids is 2. The number of hydrogen-bond donors (Lipinski definition) is 2. The molecule has 0 fully saturated rings. The number of likely N-dealkylation sites (N-methyl/N-ethyl adjacent to an activating group) is 1. The first-order valence-electron chi connectivity index (χ1n) is 8.41. The van der Waals surface area contributed by atoms with Gasteiger partial charge in [0.1, 0.15) is 0 Å². The first-order chi connectivity index (χ1) is 9.88. The molecule has 4 nitrogen and oxygen atoms in total. The third kappa shape index (κ3) is 5.10. The average Bonchev–Trinajstić information content (AvgIpc) is 2.43. The van der Waals surface area contributed by atoms with Crippen molar-refractivity contribution in [2.75, 3.05) is 7.05 Å². The summed E-state index contributed by atoms with van der Waals surface area (Å²) in [6.07, 6.45) is 7.49. The van der Waals surface area contributed by atoms with Crippen molar-refractivity contribution >= 4 is 11.7 Å². The van der Waals surface area contributed by atoms with Crippen LogP contribution in [0.2, 0.25) is 0 Å². The Morgan fingerprint density at radius 2 is 1.67 bits per heavy atom. The Labute approximate surface area is 130 Å². The fourth-order valence-corrected chi connectivity index (χ4v) is 3.06. The van der Waals surface area contributed by atoms with E-state index in [1.807, 2.05) is 20.8 Å². The number of Topliss-reactive ketones (excluding diaryl/α,β-unsaturated/α-hetero) is 1. The smallest absolute Gasteiger partial charge is 0.245 e. The Morgan fingerprint density at radius 3 is 2.05 bits per heavy atom. The highest BCUT2D eigenvalue weighted by molar-refractivity contribution is 6.11. The van der Waals surface area contributed by atoms with Crippen LogP contribution in [0.25, 0.3) is 0 Å². The Balaban J connectivity index is 4.83. The second-order valence-electron chi connectivity index (χ2n) is 6.25. The van der Waals surface area contributed by atoms with Crippen LogP contribution in [0.5, 0.6) is 0 Å². The SMILES string of the molecule is CCCCCCCC(CC)C(=O)C(NC)(C(N)=O)C(C)C. The fourth-order valence-electron chi connectivity index (χ4n) is 3.06. The number of rotatable bonds is 12. The Kier molecular flexibility index (Phi) is 9.51. The molecular weight excluding hydrogens is 264 g/mol. The van der Waals surface area contributed by atoms with E-state index < -0.39 is 11.4 Å². The zero-order chi connectivity index (χ0) is 16.5. The summed E-state index contributed by atoms with van der Waals surface area (Å²) in [6, 6.07) is 0. The summed E-state index contributed by atoms with van der Waals surface area (Å²) in [6.45, 7) is 7.94. The van der Waals surface area contributed by atoms with E-state index in [-0.39, 0.29) is 17.6 Å². The monoisotopic (exact) mass is 298 g/mol. The molecule has 0 bridgehead atoms. The van der Waals surface area contributed by atoms with Gasteiger partial charge in [0.2, 0.25) is 5.91 Å². The van der Waals surface area contributed by atoms with E-state index in [0.717, 1.165) is 25.7 Å². The lowest BCUT2D eigenvalue weighted by molar-refractivity contribution is -0.140. The number of nitrogens with one attached hydrogen (secondary N) is 1. The number of ketones is 1. The number of hydrogen-bond acceptors (Lipinski definition) is 3. The molecule has 0 aliphatic rings. The molecule has 21 heavy (non-hydrogen) atoms. The van der Waals surface area contributed by atoms with Crippen LogP contribution in [0.3, 0.4) is 0 Å². The second-order valence-corrected chi connectivity index (χ2v) is 6.25. The number of carbonyl (C=O) groups is 2. The van der Waals surface area contributed by atoms with Gasteiger partial charge in [-0.2, -0.15) is 0 Å². The van der Waals surface area contributed by atoms with Gasteiger partial charge >= 0.3 is 0 Å². The van der Waals surface area contributed by atoms with Gasteiger partial charge in [0.25, 0.3) is 0 Å². The molecular formula is C17H34N2O2. The van der Waals surface area contributed by atoms with Crippen LogP contribution >= 0.6 is 0 Å². The van der Waals surface area contributed by atoms with Crippen LogP contribution in [-0.4, -0.2) is 24.3 Å². The summed E-state index contributed by atoms with van der Waals surface area (Å²) in [4.78, 5) is 24.8. The van der Waals surface area contributed by atoms with Gasteiger partial charge in [-0.1, -0.05) is 59.8 Å². The summed E-state index contributed by atoms with van der Waals surface area (Å²) in [5.41, 5.74) is 4.32. The van der Waals surface area contributed by atoms with E-state index >= 15 is 0 Å². The van der Waals surface area contributed by atoms with Crippen LogP contribution in [-0.2, 0) is 9.59 Å². The summed E-state index contributed by atoms with van der Waals surface area (Å²) in [5.74, 6) is -0.837. The van der Waals surface area contributed by atoms with E-state index in [1.54, 1.807) is 7.05 Å². The standard InChI is InChI=1S/C17H34N2O2/c1-6-8-9-10-11-12-14(7-2)15(20)17(19-5,13(3)4)16(18)21/h13-14,19H,6-12H2,1-5H3,(H2,18,21). The summed E-state index contributed by atoms with van der Waals surface area (Å²) < 4.78 is 0. The third-order valence-corrected chi connectivity index (χ3v) is 4.56. The van der Waals surface area contributed by atoms with Crippen LogP contribution in [0.1, 0.15) is 72.6 Å². The molecule has 0 spiro atoms.